The average Bonchev–Trinajstić information content (AvgIpc) is 3.05. The van der Waals surface area contributed by atoms with Crippen molar-refractivity contribution in [2.45, 2.75) is 110 Å². The molecule has 0 heterocycles. The van der Waals surface area contributed by atoms with Crippen LogP contribution in [0.3, 0.4) is 0 Å². The first-order valence-corrected chi connectivity index (χ1v) is 14.5. The third-order valence-corrected chi connectivity index (χ3v) is 9.28. The zero-order valence-electron chi connectivity index (χ0n) is 21.4. The Morgan fingerprint density at radius 1 is 1.29 bits per heavy atom. The minimum Gasteiger partial charge on any atom is -0.390 e. The Kier molecular flexibility index (Phi) is 8.76. The van der Waals surface area contributed by atoms with Gasteiger partial charge in [0.1, 0.15) is 0 Å². The van der Waals surface area contributed by atoms with Crippen molar-refractivity contribution in [3.8, 4) is 0 Å². The predicted octanol–water partition coefficient (Wildman–Crippen LogP) is 5.82. The van der Waals surface area contributed by atoms with Crippen molar-refractivity contribution < 1.29 is 29.1 Å². The summed E-state index contributed by atoms with van der Waals surface area (Å²) in [5, 5.41) is 20.4. The summed E-state index contributed by atoms with van der Waals surface area (Å²) < 4.78 is 16.2. The van der Waals surface area contributed by atoms with E-state index in [9.17, 15) is 24.6 Å². The monoisotopic (exact) mass is 496 g/mol. The van der Waals surface area contributed by atoms with E-state index in [1.54, 1.807) is 0 Å². The van der Waals surface area contributed by atoms with Gasteiger partial charge in [-0.05, 0) is 93.1 Å². The number of phosphoric acid groups is 1. The van der Waals surface area contributed by atoms with Crippen molar-refractivity contribution in [2.24, 2.45) is 23.2 Å². The number of rotatable bonds is 8. The number of hydrogen-bond acceptors (Lipinski definition) is 4. The van der Waals surface area contributed by atoms with Crippen LogP contribution in [0.15, 0.2) is 35.5 Å². The molecule has 0 aromatic heterocycles. The van der Waals surface area contributed by atoms with Gasteiger partial charge in [-0.25, -0.2) is 4.57 Å². The number of aliphatic hydroxyl groups is 2. The molecule has 0 amide bonds. The Hall–Kier alpha value is -0.750. The van der Waals surface area contributed by atoms with E-state index in [4.69, 9.17) is 4.52 Å². The summed E-state index contributed by atoms with van der Waals surface area (Å²) in [5.74, 6) is 1.86. The maximum Gasteiger partial charge on any atom is 0.469 e. The number of aliphatic hydroxyl groups excluding tert-OH is 1. The van der Waals surface area contributed by atoms with E-state index in [0.29, 0.717) is 29.7 Å². The van der Waals surface area contributed by atoms with E-state index < -0.39 is 25.6 Å². The van der Waals surface area contributed by atoms with Crippen LogP contribution >= 0.6 is 7.82 Å². The normalized spacial score (nSPS) is 36.2. The topological polar surface area (TPSA) is 107 Å². The first-order chi connectivity index (χ1) is 15.7. The van der Waals surface area contributed by atoms with Gasteiger partial charge < -0.3 is 20.0 Å². The lowest BCUT2D eigenvalue weighted by Gasteiger charge is -2.44. The maximum absolute atomic E-state index is 11.3. The van der Waals surface area contributed by atoms with Gasteiger partial charge in [0.2, 0.25) is 0 Å². The second kappa shape index (κ2) is 10.7. The summed E-state index contributed by atoms with van der Waals surface area (Å²) in [6.45, 7) is 12.6. The van der Waals surface area contributed by atoms with Crippen LogP contribution in [0.1, 0.15) is 91.9 Å². The summed E-state index contributed by atoms with van der Waals surface area (Å²) in [6, 6.07) is 0. The van der Waals surface area contributed by atoms with Crippen molar-refractivity contribution >= 4 is 7.82 Å². The Balaban J connectivity index is 1.72. The molecule has 4 N–H and O–H groups in total. The minimum absolute atomic E-state index is 0.144. The van der Waals surface area contributed by atoms with Crippen LogP contribution in [0.5, 0.6) is 0 Å². The molecular formula is C27H45O6P. The molecule has 3 aliphatic rings. The summed E-state index contributed by atoms with van der Waals surface area (Å²) in [5.41, 5.74) is 2.57. The fourth-order valence-electron chi connectivity index (χ4n) is 6.99. The number of allylic oxidation sites excluding steroid dienone is 3. The van der Waals surface area contributed by atoms with Crippen LogP contribution in [0, 0.1) is 23.2 Å². The van der Waals surface area contributed by atoms with Crippen molar-refractivity contribution in [1.29, 1.82) is 0 Å². The van der Waals surface area contributed by atoms with Crippen molar-refractivity contribution in [2.75, 3.05) is 0 Å². The highest BCUT2D eigenvalue weighted by molar-refractivity contribution is 7.46. The summed E-state index contributed by atoms with van der Waals surface area (Å²) >= 11 is 0. The molecule has 0 bridgehead atoms. The molecule has 3 fully saturated rings. The Morgan fingerprint density at radius 2 is 2.00 bits per heavy atom. The number of phosphoric ester groups is 1. The molecule has 3 saturated carbocycles. The quantitative estimate of drug-likeness (QED) is 0.315. The van der Waals surface area contributed by atoms with Crippen LogP contribution in [-0.2, 0) is 9.09 Å². The fourth-order valence-corrected chi connectivity index (χ4v) is 7.54. The van der Waals surface area contributed by atoms with Gasteiger partial charge in [-0.3, -0.25) is 4.52 Å². The molecule has 0 aliphatic heterocycles. The molecular weight excluding hydrogens is 451 g/mol. The molecule has 0 spiro atoms. The molecule has 3 rings (SSSR count). The van der Waals surface area contributed by atoms with Gasteiger partial charge >= 0.3 is 7.82 Å². The highest BCUT2D eigenvalue weighted by Gasteiger charge is 2.50. The molecule has 6 nitrogen and oxygen atoms in total. The fraction of sp³-hybridized carbons (Fsp3) is 0.778. The largest absolute Gasteiger partial charge is 0.469 e. The van der Waals surface area contributed by atoms with Crippen molar-refractivity contribution in [3.05, 3.63) is 35.5 Å². The molecule has 34 heavy (non-hydrogen) atoms. The second-order valence-electron chi connectivity index (χ2n) is 11.9. The van der Waals surface area contributed by atoms with E-state index >= 15 is 0 Å². The van der Waals surface area contributed by atoms with E-state index in [1.807, 2.05) is 19.9 Å². The first-order valence-electron chi connectivity index (χ1n) is 12.9. The lowest BCUT2D eigenvalue weighted by Crippen LogP contribution is -2.36. The smallest absolute Gasteiger partial charge is 0.390 e. The van der Waals surface area contributed by atoms with Crippen molar-refractivity contribution in [1.82, 2.24) is 0 Å². The van der Waals surface area contributed by atoms with Crippen molar-refractivity contribution in [3.63, 3.8) is 0 Å². The lowest BCUT2D eigenvalue weighted by molar-refractivity contribution is 0.0596. The minimum atomic E-state index is -4.61. The Labute approximate surface area is 205 Å². The maximum atomic E-state index is 11.3. The summed E-state index contributed by atoms with van der Waals surface area (Å²) in [4.78, 5) is 18.4. The molecule has 194 valence electrons. The third-order valence-electron chi connectivity index (χ3n) is 8.71. The van der Waals surface area contributed by atoms with E-state index in [2.05, 4.69) is 26.5 Å². The molecule has 1 unspecified atom stereocenters. The molecule has 7 heteroatoms. The molecule has 3 aliphatic carbocycles. The SMILES string of the molecule is C=C1C(=CC=C2CCC[C@@]3(C)C2CC[C@@H]3[C@H](C)CCCC(C)(C)O)C[C@@H](OP(=O)(O)O)C[C@@H]1O. The van der Waals surface area contributed by atoms with Gasteiger partial charge in [-0.15, -0.1) is 0 Å². The first kappa shape index (κ1) is 27.8. The van der Waals surface area contributed by atoms with Crippen LogP contribution in [0.2, 0.25) is 0 Å². The molecule has 6 atom stereocenters. The van der Waals surface area contributed by atoms with Crippen LogP contribution in [0.25, 0.3) is 0 Å². The van der Waals surface area contributed by atoms with Gasteiger partial charge in [-0.1, -0.05) is 51.0 Å². The summed E-state index contributed by atoms with van der Waals surface area (Å²) in [7, 11) is -4.61. The van der Waals surface area contributed by atoms with E-state index in [0.717, 1.165) is 31.3 Å². The zero-order valence-corrected chi connectivity index (χ0v) is 22.3. The summed E-state index contributed by atoms with van der Waals surface area (Å²) in [6.07, 6.45) is 12.1. The highest BCUT2D eigenvalue weighted by Crippen LogP contribution is 2.60. The van der Waals surface area contributed by atoms with Crippen LogP contribution in [0.4, 0.5) is 0 Å². The predicted molar refractivity (Wildman–Crippen MR) is 135 cm³/mol. The second-order valence-corrected chi connectivity index (χ2v) is 13.1. The van der Waals surface area contributed by atoms with Gasteiger partial charge in [0.15, 0.2) is 0 Å². The molecule has 0 radical (unpaired) electrons. The van der Waals surface area contributed by atoms with Gasteiger partial charge in [-0.2, -0.15) is 0 Å². The number of fused-ring (bicyclic) bond motifs is 1. The Morgan fingerprint density at radius 3 is 2.65 bits per heavy atom. The van der Waals surface area contributed by atoms with E-state index in [1.165, 1.54) is 31.3 Å². The molecule has 0 saturated heterocycles. The lowest BCUT2D eigenvalue weighted by atomic mass is 9.60. The van der Waals surface area contributed by atoms with Crippen LogP contribution in [-0.4, -0.2) is 37.8 Å². The van der Waals surface area contributed by atoms with Gasteiger partial charge in [0, 0.05) is 6.42 Å². The number of hydrogen-bond donors (Lipinski definition) is 4. The van der Waals surface area contributed by atoms with Gasteiger partial charge in [0.25, 0.3) is 0 Å². The highest BCUT2D eigenvalue weighted by atomic mass is 31.2. The third kappa shape index (κ3) is 6.93. The Bertz CT molecular complexity index is 850. The van der Waals surface area contributed by atoms with E-state index in [-0.39, 0.29) is 11.8 Å². The zero-order chi connectivity index (χ0) is 25.3. The average molecular weight is 497 g/mol. The molecule has 0 aromatic rings. The van der Waals surface area contributed by atoms with Gasteiger partial charge in [0.05, 0.1) is 17.8 Å². The standard InChI is InChI=1S/C27H45O6P/c1-18(8-6-14-26(3,4)29)23-12-13-24-20(9-7-15-27(23,24)5)10-11-21-16-22(33-34(30,31)32)17-25(28)19(21)2/h10-11,18,22-25,28-29H,2,6-9,12-17H2,1,3-5H3,(H2,30,31,32)/t18-,22-,23-,24?,25+,27-/m1/s1. The van der Waals surface area contributed by atoms with Crippen LogP contribution < -0.4 is 0 Å². The molecule has 0 aromatic carbocycles.